The Bertz CT molecular complexity index is 345. The van der Waals surface area contributed by atoms with Crippen molar-refractivity contribution in [1.29, 1.82) is 0 Å². The van der Waals surface area contributed by atoms with Crippen LogP contribution < -0.4 is 5.73 Å². The third kappa shape index (κ3) is 1.74. The normalized spacial score (nSPS) is 18.1. The average Bonchev–Trinajstić information content (AvgIpc) is 2.87. The van der Waals surface area contributed by atoms with Gasteiger partial charge in [-0.15, -0.1) is 5.10 Å². The van der Waals surface area contributed by atoms with Crippen LogP contribution in [0.1, 0.15) is 29.0 Å². The number of hydrogen-bond acceptors (Lipinski definition) is 4. The largest absolute Gasteiger partial charge is 0.476 e. The number of nitrogens with one attached hydrogen (secondary N) is 1. The molecule has 1 aliphatic rings. The molecule has 1 atom stereocenters. The summed E-state index contributed by atoms with van der Waals surface area (Å²) in [4.78, 5) is 10.7. The lowest BCUT2D eigenvalue weighted by molar-refractivity contribution is 0.0689. The molecule has 1 unspecified atom stereocenters. The van der Waals surface area contributed by atoms with Gasteiger partial charge in [0.1, 0.15) is 0 Å². The summed E-state index contributed by atoms with van der Waals surface area (Å²) in [6, 6.07) is 0.0122. The first-order chi connectivity index (χ1) is 6.68. The molecule has 1 aromatic heterocycles. The lowest BCUT2D eigenvalue weighted by atomic mass is 10.1. The van der Waals surface area contributed by atoms with Crippen molar-refractivity contribution in [3.8, 4) is 0 Å². The van der Waals surface area contributed by atoms with Crippen molar-refractivity contribution in [1.82, 2.24) is 15.4 Å². The van der Waals surface area contributed by atoms with Crippen molar-refractivity contribution < 1.29 is 9.90 Å². The molecule has 4 N–H and O–H groups in total. The molecule has 0 aliphatic heterocycles. The lowest BCUT2D eigenvalue weighted by Gasteiger charge is -2.06. The molecule has 0 spiro atoms. The number of aromatic nitrogens is 3. The van der Waals surface area contributed by atoms with E-state index in [1.807, 2.05) is 0 Å². The number of aromatic amines is 1. The van der Waals surface area contributed by atoms with E-state index in [9.17, 15) is 4.79 Å². The molecule has 14 heavy (non-hydrogen) atoms. The van der Waals surface area contributed by atoms with Gasteiger partial charge in [-0.3, -0.25) is 0 Å². The summed E-state index contributed by atoms with van der Waals surface area (Å²) >= 11 is 0. The Morgan fingerprint density at radius 3 is 2.93 bits per heavy atom. The molecule has 1 aliphatic carbocycles. The number of H-pyrrole nitrogens is 1. The zero-order valence-electron chi connectivity index (χ0n) is 7.60. The van der Waals surface area contributed by atoms with E-state index < -0.39 is 5.97 Å². The van der Waals surface area contributed by atoms with Gasteiger partial charge in [0.2, 0.25) is 0 Å². The Morgan fingerprint density at radius 1 is 1.64 bits per heavy atom. The number of nitrogens with two attached hydrogens (primary N) is 1. The predicted molar refractivity (Wildman–Crippen MR) is 47.7 cm³/mol. The number of carboxylic acid groups (broad SMARTS) is 1. The molecule has 1 fully saturated rings. The van der Waals surface area contributed by atoms with E-state index in [0.717, 1.165) is 12.8 Å². The third-order valence-electron chi connectivity index (χ3n) is 2.48. The van der Waals surface area contributed by atoms with Crippen LogP contribution in [0.15, 0.2) is 0 Å². The van der Waals surface area contributed by atoms with Crippen LogP contribution in [0.5, 0.6) is 0 Å². The fraction of sp³-hybridized carbons (Fsp3) is 0.625. The van der Waals surface area contributed by atoms with Crippen molar-refractivity contribution in [2.45, 2.75) is 25.3 Å². The summed E-state index contributed by atoms with van der Waals surface area (Å²) in [5, 5.41) is 18.4. The summed E-state index contributed by atoms with van der Waals surface area (Å²) in [6.07, 6.45) is 2.77. The van der Waals surface area contributed by atoms with Crippen LogP contribution >= 0.6 is 0 Å². The molecule has 6 nitrogen and oxygen atoms in total. The molecule has 1 aromatic rings. The number of carbonyl (C=O) groups is 1. The molecule has 0 bridgehead atoms. The average molecular weight is 196 g/mol. The van der Waals surface area contributed by atoms with Gasteiger partial charge in [0, 0.05) is 12.5 Å². The minimum atomic E-state index is -1.06. The standard InChI is InChI=1S/C8H12N4O2/c9-5(4-1-2-4)3-6-7(8(13)14)11-12-10-6/h4-5H,1-3,9H2,(H,13,14)(H,10,11,12). The molecule has 1 saturated carbocycles. The van der Waals surface area contributed by atoms with E-state index in [-0.39, 0.29) is 11.7 Å². The van der Waals surface area contributed by atoms with Crippen molar-refractivity contribution in [3.05, 3.63) is 11.4 Å². The van der Waals surface area contributed by atoms with E-state index in [1.165, 1.54) is 0 Å². The highest BCUT2D eigenvalue weighted by Crippen LogP contribution is 2.32. The topological polar surface area (TPSA) is 105 Å². The summed E-state index contributed by atoms with van der Waals surface area (Å²) in [6.45, 7) is 0. The molecule has 0 saturated heterocycles. The number of nitrogens with zero attached hydrogens (tertiary/aromatic N) is 2. The van der Waals surface area contributed by atoms with Crippen molar-refractivity contribution in [3.63, 3.8) is 0 Å². The quantitative estimate of drug-likeness (QED) is 0.617. The number of rotatable bonds is 4. The summed E-state index contributed by atoms with van der Waals surface area (Å²) in [5.74, 6) is -0.523. The molecule has 1 heterocycles. The predicted octanol–water partition coefficient (Wildman–Crippen LogP) is -0.217. The van der Waals surface area contributed by atoms with Crippen LogP contribution in [0.2, 0.25) is 0 Å². The molecule has 0 aromatic carbocycles. The Labute approximate surface area is 80.5 Å². The molecule has 6 heteroatoms. The highest BCUT2D eigenvalue weighted by atomic mass is 16.4. The fourth-order valence-corrected chi connectivity index (χ4v) is 1.48. The molecule has 0 amide bonds. The van der Waals surface area contributed by atoms with Crippen LogP contribution in [0.3, 0.4) is 0 Å². The highest BCUT2D eigenvalue weighted by molar-refractivity contribution is 5.86. The summed E-state index contributed by atoms with van der Waals surface area (Å²) in [5.41, 5.74) is 6.31. The Hall–Kier alpha value is -1.43. The lowest BCUT2D eigenvalue weighted by Crippen LogP contribution is -2.26. The zero-order chi connectivity index (χ0) is 10.1. The first-order valence-corrected chi connectivity index (χ1v) is 4.57. The van der Waals surface area contributed by atoms with Gasteiger partial charge in [0.25, 0.3) is 0 Å². The van der Waals surface area contributed by atoms with Gasteiger partial charge in [-0.05, 0) is 18.8 Å². The molecule has 2 rings (SSSR count). The van der Waals surface area contributed by atoms with Gasteiger partial charge in [0.15, 0.2) is 5.69 Å². The van der Waals surface area contributed by atoms with Gasteiger partial charge in [0.05, 0.1) is 5.69 Å². The first-order valence-electron chi connectivity index (χ1n) is 4.57. The van der Waals surface area contributed by atoms with Gasteiger partial charge in [-0.2, -0.15) is 10.3 Å². The molecular formula is C8H12N4O2. The molecular weight excluding hydrogens is 184 g/mol. The maximum atomic E-state index is 10.7. The Morgan fingerprint density at radius 2 is 2.36 bits per heavy atom. The number of hydrogen-bond donors (Lipinski definition) is 3. The van der Waals surface area contributed by atoms with Crippen molar-refractivity contribution in [2.24, 2.45) is 11.7 Å². The van der Waals surface area contributed by atoms with Gasteiger partial charge in [-0.25, -0.2) is 4.79 Å². The first kappa shape index (κ1) is 9.14. The third-order valence-corrected chi connectivity index (χ3v) is 2.48. The maximum absolute atomic E-state index is 10.7. The van der Waals surface area contributed by atoms with E-state index in [0.29, 0.717) is 18.0 Å². The van der Waals surface area contributed by atoms with E-state index in [2.05, 4.69) is 15.4 Å². The van der Waals surface area contributed by atoms with E-state index in [4.69, 9.17) is 10.8 Å². The van der Waals surface area contributed by atoms with E-state index in [1.54, 1.807) is 0 Å². The second-order valence-electron chi connectivity index (χ2n) is 3.63. The minimum absolute atomic E-state index is 0.0122. The van der Waals surface area contributed by atoms with Crippen LogP contribution in [-0.4, -0.2) is 32.5 Å². The van der Waals surface area contributed by atoms with Gasteiger partial charge < -0.3 is 10.8 Å². The maximum Gasteiger partial charge on any atom is 0.358 e. The highest BCUT2D eigenvalue weighted by Gasteiger charge is 2.30. The molecule has 76 valence electrons. The van der Waals surface area contributed by atoms with Crippen molar-refractivity contribution in [2.75, 3.05) is 0 Å². The second-order valence-corrected chi connectivity index (χ2v) is 3.63. The summed E-state index contributed by atoms with van der Waals surface area (Å²) < 4.78 is 0. The minimum Gasteiger partial charge on any atom is -0.476 e. The summed E-state index contributed by atoms with van der Waals surface area (Å²) in [7, 11) is 0. The van der Waals surface area contributed by atoms with Crippen LogP contribution in [0, 0.1) is 5.92 Å². The molecule has 0 radical (unpaired) electrons. The van der Waals surface area contributed by atoms with Gasteiger partial charge in [-0.1, -0.05) is 0 Å². The second kappa shape index (κ2) is 3.38. The van der Waals surface area contributed by atoms with Crippen LogP contribution in [0.4, 0.5) is 0 Å². The SMILES string of the molecule is NC(Cc1n[nH]nc1C(=O)O)C1CC1. The number of carboxylic acids is 1. The zero-order valence-corrected chi connectivity index (χ0v) is 7.60. The fourth-order valence-electron chi connectivity index (χ4n) is 1.48. The van der Waals surface area contributed by atoms with Gasteiger partial charge >= 0.3 is 5.97 Å². The Balaban J connectivity index is 2.07. The number of aromatic carboxylic acids is 1. The smallest absolute Gasteiger partial charge is 0.358 e. The Kier molecular flexibility index (Phi) is 2.20. The monoisotopic (exact) mass is 196 g/mol. The van der Waals surface area contributed by atoms with Crippen LogP contribution in [0.25, 0.3) is 0 Å². The van der Waals surface area contributed by atoms with Crippen molar-refractivity contribution >= 4 is 5.97 Å². The van der Waals surface area contributed by atoms with Crippen LogP contribution in [-0.2, 0) is 6.42 Å². The van der Waals surface area contributed by atoms with E-state index >= 15 is 0 Å².